The molecule has 3 heteroatoms. The first-order valence-corrected chi connectivity index (χ1v) is 6.91. The third kappa shape index (κ3) is 4.58. The van der Waals surface area contributed by atoms with Crippen LogP contribution in [-0.4, -0.2) is 19.1 Å². The van der Waals surface area contributed by atoms with Crippen LogP contribution >= 0.6 is 0 Å². The zero-order valence-corrected chi connectivity index (χ0v) is 11.9. The Bertz CT molecular complexity index is 527. The quantitative estimate of drug-likeness (QED) is 0.626. The largest absolute Gasteiger partial charge is 0.461 e. The summed E-state index contributed by atoms with van der Waals surface area (Å²) in [5.41, 5.74) is 2.22. The highest BCUT2D eigenvalue weighted by Gasteiger charge is 2.14. The maximum Gasteiger partial charge on any atom is 0.320 e. The van der Waals surface area contributed by atoms with E-state index in [1.165, 1.54) is 0 Å². The van der Waals surface area contributed by atoms with E-state index in [1.54, 1.807) is 6.08 Å². The summed E-state index contributed by atoms with van der Waals surface area (Å²) in [6.07, 6.45) is 1.56. The second-order valence-electron chi connectivity index (χ2n) is 4.61. The average molecular weight is 281 g/mol. The van der Waals surface area contributed by atoms with E-state index in [2.05, 4.69) is 11.9 Å². The predicted octanol–water partition coefficient (Wildman–Crippen LogP) is 3.09. The summed E-state index contributed by atoms with van der Waals surface area (Å²) in [5, 5.41) is 3.25. The molecule has 0 radical (unpaired) electrons. The molecule has 3 nitrogen and oxygen atoms in total. The first-order chi connectivity index (χ1) is 10.3. The van der Waals surface area contributed by atoms with Crippen molar-refractivity contribution >= 4 is 5.97 Å². The summed E-state index contributed by atoms with van der Waals surface area (Å²) in [5.74, 6) is -0.285. The second-order valence-corrected chi connectivity index (χ2v) is 4.61. The monoisotopic (exact) mass is 281 g/mol. The van der Waals surface area contributed by atoms with Crippen LogP contribution in [-0.2, 0) is 9.53 Å². The van der Waals surface area contributed by atoms with Crippen molar-refractivity contribution in [3.05, 3.63) is 84.4 Å². The van der Waals surface area contributed by atoms with Gasteiger partial charge in [-0.1, -0.05) is 73.3 Å². The zero-order chi connectivity index (χ0) is 14.9. The Morgan fingerprint density at radius 2 is 1.57 bits per heavy atom. The van der Waals surface area contributed by atoms with E-state index in [0.29, 0.717) is 0 Å². The summed E-state index contributed by atoms with van der Waals surface area (Å²) in [6.45, 7) is 3.92. The number of carbonyl (C=O) groups is 1. The molecule has 0 spiro atoms. The lowest BCUT2D eigenvalue weighted by Gasteiger charge is -2.19. The van der Waals surface area contributed by atoms with Crippen molar-refractivity contribution in [2.45, 2.75) is 6.04 Å². The molecule has 2 aromatic rings. The molecule has 0 aliphatic carbocycles. The van der Waals surface area contributed by atoms with Gasteiger partial charge in [0.25, 0.3) is 0 Å². The molecule has 0 aliphatic rings. The highest BCUT2D eigenvalue weighted by atomic mass is 16.5. The molecular weight excluding hydrogens is 262 g/mol. The topological polar surface area (TPSA) is 38.3 Å². The average Bonchev–Trinajstić information content (AvgIpc) is 2.55. The predicted molar refractivity (Wildman–Crippen MR) is 83.9 cm³/mol. The van der Waals surface area contributed by atoms with Gasteiger partial charge < -0.3 is 4.74 Å². The van der Waals surface area contributed by atoms with Crippen molar-refractivity contribution in [3.8, 4) is 0 Å². The highest BCUT2D eigenvalue weighted by Crippen LogP contribution is 2.21. The van der Waals surface area contributed by atoms with Crippen LogP contribution in [0.15, 0.2) is 73.3 Å². The molecule has 0 aromatic heterocycles. The van der Waals surface area contributed by atoms with Crippen LogP contribution in [0.5, 0.6) is 0 Å². The van der Waals surface area contributed by atoms with Crippen LogP contribution in [0.25, 0.3) is 0 Å². The van der Waals surface area contributed by atoms with Crippen LogP contribution in [0.4, 0.5) is 0 Å². The van der Waals surface area contributed by atoms with Gasteiger partial charge in [0.1, 0.15) is 6.61 Å². The molecule has 0 saturated carbocycles. The Morgan fingerprint density at radius 1 is 1.05 bits per heavy atom. The third-order valence-electron chi connectivity index (χ3n) is 3.08. The molecule has 0 unspecified atom stereocenters. The molecule has 0 saturated heterocycles. The molecule has 1 N–H and O–H groups in total. The maximum absolute atomic E-state index is 11.6. The molecule has 0 amide bonds. The molecule has 21 heavy (non-hydrogen) atoms. The molecule has 0 bridgehead atoms. The van der Waals surface area contributed by atoms with Gasteiger partial charge in [-0.25, -0.2) is 0 Å². The first-order valence-electron chi connectivity index (χ1n) is 6.91. The summed E-state index contributed by atoms with van der Waals surface area (Å²) >= 11 is 0. The number of carbonyl (C=O) groups excluding carboxylic acids is 1. The second kappa shape index (κ2) is 8.02. The Balaban J connectivity index is 2.10. The van der Waals surface area contributed by atoms with E-state index >= 15 is 0 Å². The Hall–Kier alpha value is -2.39. The fourth-order valence-corrected chi connectivity index (χ4v) is 2.11. The van der Waals surface area contributed by atoms with Gasteiger partial charge in [0.05, 0.1) is 12.6 Å². The Labute approximate surface area is 125 Å². The smallest absolute Gasteiger partial charge is 0.320 e. The summed E-state index contributed by atoms with van der Waals surface area (Å²) in [7, 11) is 0. The SMILES string of the molecule is C=CCOC(=O)CNC(c1ccccc1)c1ccccc1. The van der Waals surface area contributed by atoms with E-state index in [0.717, 1.165) is 11.1 Å². The molecule has 2 aromatic carbocycles. The third-order valence-corrected chi connectivity index (χ3v) is 3.08. The summed E-state index contributed by atoms with van der Waals surface area (Å²) in [6, 6.07) is 20.0. The van der Waals surface area contributed by atoms with E-state index < -0.39 is 0 Å². The van der Waals surface area contributed by atoms with Crippen molar-refractivity contribution in [2.75, 3.05) is 13.2 Å². The lowest BCUT2D eigenvalue weighted by molar-refractivity contribution is -0.141. The number of esters is 1. The van der Waals surface area contributed by atoms with Gasteiger partial charge in [-0.2, -0.15) is 0 Å². The Kier molecular flexibility index (Phi) is 5.73. The fourth-order valence-electron chi connectivity index (χ4n) is 2.11. The minimum atomic E-state index is -0.285. The van der Waals surface area contributed by atoms with Crippen LogP contribution in [0.3, 0.4) is 0 Å². The fraction of sp³-hybridized carbons (Fsp3) is 0.167. The van der Waals surface area contributed by atoms with Crippen molar-refractivity contribution in [1.82, 2.24) is 5.32 Å². The van der Waals surface area contributed by atoms with Gasteiger partial charge in [-0.05, 0) is 11.1 Å². The molecule has 0 aliphatic heterocycles. The number of hydrogen-bond donors (Lipinski definition) is 1. The molecule has 0 fully saturated rings. The van der Waals surface area contributed by atoms with Gasteiger partial charge in [0, 0.05) is 0 Å². The summed E-state index contributed by atoms with van der Waals surface area (Å²) in [4.78, 5) is 11.6. The lowest BCUT2D eigenvalue weighted by Crippen LogP contribution is -2.29. The maximum atomic E-state index is 11.6. The van der Waals surface area contributed by atoms with Gasteiger partial charge in [-0.3, -0.25) is 10.1 Å². The number of hydrogen-bond acceptors (Lipinski definition) is 3. The van der Waals surface area contributed by atoms with Crippen LogP contribution in [0.2, 0.25) is 0 Å². The minimum Gasteiger partial charge on any atom is -0.461 e. The molecule has 0 heterocycles. The van der Waals surface area contributed by atoms with Gasteiger partial charge in [0.15, 0.2) is 0 Å². The van der Waals surface area contributed by atoms with E-state index in [4.69, 9.17) is 4.74 Å². The van der Waals surface area contributed by atoms with Crippen molar-refractivity contribution < 1.29 is 9.53 Å². The lowest BCUT2D eigenvalue weighted by atomic mass is 9.99. The van der Waals surface area contributed by atoms with Crippen LogP contribution < -0.4 is 5.32 Å². The molecule has 0 atom stereocenters. The minimum absolute atomic E-state index is 0.0383. The van der Waals surface area contributed by atoms with E-state index in [-0.39, 0.29) is 25.2 Å². The zero-order valence-electron chi connectivity index (χ0n) is 11.9. The molecule has 2 rings (SSSR count). The first kappa shape index (κ1) is 15.0. The number of rotatable bonds is 7. The molecular formula is C18H19NO2. The van der Waals surface area contributed by atoms with E-state index in [9.17, 15) is 4.79 Å². The summed E-state index contributed by atoms with van der Waals surface area (Å²) < 4.78 is 4.99. The van der Waals surface area contributed by atoms with E-state index in [1.807, 2.05) is 60.7 Å². The number of nitrogens with one attached hydrogen (secondary N) is 1. The van der Waals surface area contributed by atoms with Crippen LogP contribution in [0, 0.1) is 0 Å². The van der Waals surface area contributed by atoms with Crippen molar-refractivity contribution in [3.63, 3.8) is 0 Å². The number of benzene rings is 2. The van der Waals surface area contributed by atoms with Crippen LogP contribution in [0.1, 0.15) is 17.2 Å². The highest BCUT2D eigenvalue weighted by molar-refractivity contribution is 5.71. The normalized spacial score (nSPS) is 10.3. The van der Waals surface area contributed by atoms with Gasteiger partial charge in [0.2, 0.25) is 0 Å². The standard InChI is InChI=1S/C18H19NO2/c1-2-13-21-17(20)14-19-18(15-9-5-3-6-10-15)16-11-7-4-8-12-16/h2-12,18-19H,1,13-14H2. The van der Waals surface area contributed by atoms with Gasteiger partial charge in [-0.15, -0.1) is 0 Å². The van der Waals surface area contributed by atoms with Crippen molar-refractivity contribution in [2.24, 2.45) is 0 Å². The van der Waals surface area contributed by atoms with Crippen molar-refractivity contribution in [1.29, 1.82) is 0 Å². The Morgan fingerprint density at radius 3 is 2.05 bits per heavy atom. The number of ether oxygens (including phenoxy) is 1. The molecule has 108 valence electrons. The van der Waals surface area contributed by atoms with Gasteiger partial charge >= 0.3 is 5.97 Å².